The van der Waals surface area contributed by atoms with Gasteiger partial charge in [0.05, 0.1) is 12.1 Å². The predicted octanol–water partition coefficient (Wildman–Crippen LogP) is -0.0877. The summed E-state index contributed by atoms with van der Waals surface area (Å²) >= 11 is 0. The number of fused-ring (bicyclic) bond motifs is 1. The van der Waals surface area contributed by atoms with Gasteiger partial charge >= 0.3 is 23.8 Å². The Hall–Kier alpha value is -4.14. The molecule has 2 aromatic rings. The van der Waals surface area contributed by atoms with Crippen molar-refractivity contribution in [2.45, 2.75) is 44.9 Å². The third-order valence-corrected chi connectivity index (χ3v) is 5.13. The van der Waals surface area contributed by atoms with Gasteiger partial charge in [-0.15, -0.1) is 0 Å². The Morgan fingerprint density at radius 3 is 2.66 bits per heavy atom. The smallest absolute Gasteiger partial charge is 0.459 e. The minimum absolute atomic E-state index is 0.160. The van der Waals surface area contributed by atoms with Crippen molar-refractivity contribution in [3.05, 3.63) is 57.4 Å². The number of aromatic nitrogens is 4. The molecule has 4 heterocycles. The van der Waals surface area contributed by atoms with Crippen LogP contribution in [0.2, 0.25) is 0 Å². The van der Waals surface area contributed by atoms with Gasteiger partial charge in [-0.25, -0.2) is 28.3 Å². The van der Waals surface area contributed by atoms with E-state index in [0.717, 1.165) is 23.0 Å². The standard InChI is InChI=1S/C20H19FN4O10/c1-10(2)16(27)31-8-20(21)14-13(33-19(30)34-14)15(35-20)24-6-3-12(26)25(18(24)29)9-32-17(28)11-7-22-4-5-23-11/h3-7,10,13-15H,8-9H2,1-2H3/t13-,14+,15-,20-/m1/s1. The van der Waals surface area contributed by atoms with Gasteiger partial charge in [0.25, 0.3) is 11.4 Å². The molecule has 15 heteroatoms. The molecule has 0 spiro atoms. The summed E-state index contributed by atoms with van der Waals surface area (Å²) in [5, 5.41) is 0. The third kappa shape index (κ3) is 4.62. The molecule has 4 atom stereocenters. The molecule has 14 nitrogen and oxygen atoms in total. The molecule has 2 fully saturated rings. The van der Waals surface area contributed by atoms with Crippen LogP contribution in [0.15, 0.2) is 40.4 Å². The molecule has 0 aromatic carbocycles. The number of hydrogen-bond donors (Lipinski definition) is 0. The monoisotopic (exact) mass is 494 g/mol. The van der Waals surface area contributed by atoms with E-state index in [4.69, 9.17) is 23.7 Å². The normalized spacial score (nSPS) is 25.0. The molecule has 2 saturated heterocycles. The van der Waals surface area contributed by atoms with Crippen molar-refractivity contribution in [3.63, 3.8) is 0 Å². The van der Waals surface area contributed by atoms with Gasteiger partial charge in [-0.05, 0) is 0 Å². The van der Waals surface area contributed by atoms with E-state index in [0.29, 0.717) is 4.57 Å². The van der Waals surface area contributed by atoms with Crippen LogP contribution in [0, 0.1) is 5.92 Å². The van der Waals surface area contributed by atoms with E-state index in [9.17, 15) is 24.0 Å². The SMILES string of the molecule is CC(C)C(=O)OC[C@@]1(F)O[C@@H](n2ccc(=O)n(COC(=O)c3cnccn3)c2=O)[C@@H]2OC(=O)O[C@@H]21. The molecule has 186 valence electrons. The van der Waals surface area contributed by atoms with Crippen LogP contribution >= 0.6 is 0 Å². The van der Waals surface area contributed by atoms with Gasteiger partial charge in [0.2, 0.25) is 6.10 Å². The summed E-state index contributed by atoms with van der Waals surface area (Å²) in [5.41, 5.74) is -2.07. The van der Waals surface area contributed by atoms with Gasteiger partial charge in [-0.2, -0.15) is 0 Å². The summed E-state index contributed by atoms with van der Waals surface area (Å²) in [6, 6.07) is 0.935. The van der Waals surface area contributed by atoms with Crippen LogP contribution in [-0.4, -0.2) is 61.9 Å². The van der Waals surface area contributed by atoms with Gasteiger partial charge in [-0.1, -0.05) is 13.8 Å². The molecule has 0 aliphatic carbocycles. The zero-order valence-corrected chi connectivity index (χ0v) is 18.4. The lowest BCUT2D eigenvalue weighted by Gasteiger charge is -2.24. The van der Waals surface area contributed by atoms with E-state index in [-0.39, 0.29) is 5.69 Å². The maximum atomic E-state index is 15.6. The molecule has 0 unspecified atom stereocenters. The number of hydrogen-bond acceptors (Lipinski definition) is 12. The number of ether oxygens (including phenoxy) is 5. The van der Waals surface area contributed by atoms with Crippen LogP contribution in [0.4, 0.5) is 9.18 Å². The zero-order valence-electron chi connectivity index (χ0n) is 18.4. The van der Waals surface area contributed by atoms with Gasteiger partial charge in [0, 0.05) is 24.7 Å². The van der Waals surface area contributed by atoms with Crippen molar-refractivity contribution in [1.29, 1.82) is 0 Å². The minimum atomic E-state index is -2.84. The maximum absolute atomic E-state index is 15.6. The fourth-order valence-corrected chi connectivity index (χ4v) is 3.36. The average molecular weight is 494 g/mol. The minimum Gasteiger partial charge on any atom is -0.459 e. The van der Waals surface area contributed by atoms with Crippen molar-refractivity contribution in [2.24, 2.45) is 5.92 Å². The first kappa shape index (κ1) is 24.0. The van der Waals surface area contributed by atoms with Gasteiger partial charge in [0.15, 0.2) is 31.4 Å². The van der Waals surface area contributed by atoms with Gasteiger partial charge in [0.1, 0.15) is 0 Å². The molecule has 4 rings (SSSR count). The number of rotatable bonds is 7. The number of alkyl halides is 1. The molecule has 0 bridgehead atoms. The second kappa shape index (κ2) is 9.25. The van der Waals surface area contributed by atoms with Gasteiger partial charge in [-0.3, -0.25) is 19.1 Å². The Bertz CT molecular complexity index is 1260. The largest absolute Gasteiger partial charge is 0.509 e. The number of nitrogens with zero attached hydrogens (tertiary/aromatic N) is 4. The Morgan fingerprint density at radius 2 is 1.97 bits per heavy atom. The number of carbonyl (C=O) groups excluding carboxylic acids is 3. The summed E-state index contributed by atoms with van der Waals surface area (Å²) in [4.78, 5) is 68.3. The van der Waals surface area contributed by atoms with E-state index in [2.05, 4.69) is 9.97 Å². The maximum Gasteiger partial charge on any atom is 0.509 e. The lowest BCUT2D eigenvalue weighted by Crippen LogP contribution is -2.43. The molecule has 0 N–H and O–H groups in total. The second-order valence-electron chi connectivity index (χ2n) is 7.85. The highest BCUT2D eigenvalue weighted by Gasteiger charge is 2.65. The molecule has 0 saturated carbocycles. The molecule has 2 aromatic heterocycles. The van der Waals surface area contributed by atoms with Crippen molar-refractivity contribution >= 4 is 18.1 Å². The molecule has 35 heavy (non-hydrogen) atoms. The Labute approximate surface area is 195 Å². The summed E-state index contributed by atoms with van der Waals surface area (Å²) in [5.74, 6) is -5.09. The van der Waals surface area contributed by atoms with Crippen LogP contribution in [0.25, 0.3) is 0 Å². The molecule has 0 radical (unpaired) electrons. The number of carbonyl (C=O) groups is 3. The highest BCUT2D eigenvalue weighted by Crippen LogP contribution is 2.44. The first-order valence-electron chi connectivity index (χ1n) is 10.3. The summed E-state index contributed by atoms with van der Waals surface area (Å²) in [6.07, 6.45) is -1.22. The van der Waals surface area contributed by atoms with E-state index in [1.165, 1.54) is 26.2 Å². The van der Waals surface area contributed by atoms with Crippen molar-refractivity contribution in [3.8, 4) is 0 Å². The van der Waals surface area contributed by atoms with Crippen LogP contribution in [0.1, 0.15) is 30.6 Å². The highest BCUT2D eigenvalue weighted by molar-refractivity contribution is 5.86. The van der Waals surface area contributed by atoms with E-state index in [1.54, 1.807) is 0 Å². The van der Waals surface area contributed by atoms with Crippen LogP contribution in [0.5, 0.6) is 0 Å². The quantitative estimate of drug-likeness (QED) is 0.371. The van der Waals surface area contributed by atoms with E-state index in [1.807, 2.05) is 0 Å². The summed E-state index contributed by atoms with van der Waals surface area (Å²) < 4.78 is 41.9. The third-order valence-electron chi connectivity index (χ3n) is 5.13. The van der Waals surface area contributed by atoms with E-state index >= 15 is 4.39 Å². The van der Waals surface area contributed by atoms with Crippen LogP contribution in [-0.2, 0) is 35.2 Å². The van der Waals surface area contributed by atoms with Crippen LogP contribution in [0.3, 0.4) is 0 Å². The first-order chi connectivity index (χ1) is 16.6. The zero-order chi connectivity index (χ0) is 25.3. The fourth-order valence-electron chi connectivity index (χ4n) is 3.36. The Balaban J connectivity index is 1.59. The highest BCUT2D eigenvalue weighted by atomic mass is 19.2. The van der Waals surface area contributed by atoms with Gasteiger partial charge < -0.3 is 23.7 Å². The lowest BCUT2D eigenvalue weighted by atomic mass is 10.1. The second-order valence-corrected chi connectivity index (χ2v) is 7.85. The van der Waals surface area contributed by atoms with Crippen LogP contribution < -0.4 is 11.2 Å². The molecule has 2 aliphatic heterocycles. The average Bonchev–Trinajstić information content (AvgIpc) is 3.34. The molecule has 2 aliphatic rings. The Kier molecular flexibility index (Phi) is 6.34. The summed E-state index contributed by atoms with van der Waals surface area (Å²) in [6.45, 7) is 1.32. The first-order valence-corrected chi connectivity index (χ1v) is 10.3. The van der Waals surface area contributed by atoms with E-state index < -0.39 is 72.9 Å². The Morgan fingerprint density at radius 1 is 1.20 bits per heavy atom. The van der Waals surface area contributed by atoms with Crippen molar-refractivity contribution in [1.82, 2.24) is 19.1 Å². The number of halogens is 1. The molecule has 0 amide bonds. The van der Waals surface area contributed by atoms with Crippen molar-refractivity contribution in [2.75, 3.05) is 6.61 Å². The topological polar surface area (TPSA) is 167 Å². The predicted molar refractivity (Wildman–Crippen MR) is 107 cm³/mol. The van der Waals surface area contributed by atoms with Crippen molar-refractivity contribution < 1.29 is 42.5 Å². The fraction of sp³-hybridized carbons (Fsp3) is 0.450. The summed E-state index contributed by atoms with van der Waals surface area (Å²) in [7, 11) is 0. The molecular weight excluding hydrogens is 475 g/mol. The molecular formula is C20H19FN4O10. The lowest BCUT2D eigenvalue weighted by molar-refractivity contribution is -0.220. The number of esters is 2.